The minimum absolute atomic E-state index is 0.0942. The number of thiazole rings is 1. The maximum Gasteiger partial charge on any atom is 0.190 e. The van der Waals surface area contributed by atoms with Crippen LogP contribution in [0.25, 0.3) is 11.3 Å². The number of hydrogen-bond donors (Lipinski definition) is 0. The van der Waals surface area contributed by atoms with Gasteiger partial charge in [0.25, 0.3) is 0 Å². The second-order valence-electron chi connectivity index (χ2n) is 5.41. The first-order valence-corrected chi connectivity index (χ1v) is 8.46. The lowest BCUT2D eigenvalue weighted by atomic mass is 10.1. The van der Waals surface area contributed by atoms with Gasteiger partial charge in [0.2, 0.25) is 0 Å². The van der Waals surface area contributed by atoms with E-state index in [0.29, 0.717) is 6.61 Å². The van der Waals surface area contributed by atoms with Crippen molar-refractivity contribution in [3.63, 3.8) is 0 Å². The van der Waals surface area contributed by atoms with Gasteiger partial charge >= 0.3 is 0 Å². The first-order valence-electron chi connectivity index (χ1n) is 7.58. The van der Waals surface area contributed by atoms with E-state index in [9.17, 15) is 4.39 Å². The van der Waals surface area contributed by atoms with Gasteiger partial charge in [0.05, 0.1) is 30.2 Å². The van der Waals surface area contributed by atoms with Gasteiger partial charge in [0.1, 0.15) is 5.82 Å². The average molecular weight is 343 g/mol. The molecule has 0 aliphatic heterocycles. The summed E-state index contributed by atoms with van der Waals surface area (Å²) < 4.78 is 20.7. The molecule has 1 unspecified atom stereocenters. The number of methoxy groups -OCH3 is 1. The van der Waals surface area contributed by atoms with Crippen LogP contribution in [-0.4, -0.2) is 23.3 Å². The lowest BCUT2D eigenvalue weighted by molar-refractivity contribution is 0.162. The molecule has 4 nitrogen and oxygen atoms in total. The molecule has 0 radical (unpaired) electrons. The van der Waals surface area contributed by atoms with Gasteiger partial charge < -0.3 is 9.30 Å². The Hall–Kier alpha value is -2.31. The first-order chi connectivity index (χ1) is 11.7. The van der Waals surface area contributed by atoms with E-state index in [4.69, 9.17) is 9.73 Å². The number of benzene rings is 1. The van der Waals surface area contributed by atoms with Crippen LogP contribution in [0.4, 0.5) is 10.1 Å². The van der Waals surface area contributed by atoms with Crippen LogP contribution in [0, 0.1) is 5.82 Å². The Morgan fingerprint density at radius 2 is 2.08 bits per heavy atom. The molecule has 0 bridgehead atoms. The van der Waals surface area contributed by atoms with E-state index in [1.165, 1.54) is 12.1 Å². The molecule has 124 valence electrons. The summed E-state index contributed by atoms with van der Waals surface area (Å²) in [6.07, 6.45) is 3.45. The van der Waals surface area contributed by atoms with Gasteiger partial charge in [-0.15, -0.1) is 11.3 Å². The molecule has 0 N–H and O–H groups in total. The monoisotopic (exact) mass is 343 g/mol. The van der Waals surface area contributed by atoms with Crippen molar-refractivity contribution < 1.29 is 9.13 Å². The minimum Gasteiger partial charge on any atom is -0.383 e. The molecule has 2 aromatic heterocycles. The van der Waals surface area contributed by atoms with Crippen molar-refractivity contribution >= 4 is 17.0 Å². The zero-order chi connectivity index (χ0) is 16.9. The molecule has 2 heterocycles. The molecule has 0 saturated heterocycles. The Morgan fingerprint density at radius 1 is 1.29 bits per heavy atom. The number of aromatic nitrogens is 2. The highest BCUT2D eigenvalue weighted by atomic mass is 32.1. The second-order valence-corrected chi connectivity index (χ2v) is 6.24. The molecule has 0 spiro atoms. The Balaban J connectivity index is 2.13. The number of halogens is 1. The molecule has 0 saturated carbocycles. The van der Waals surface area contributed by atoms with Crippen LogP contribution in [0.3, 0.4) is 0 Å². The highest BCUT2D eigenvalue weighted by molar-refractivity contribution is 7.07. The number of rotatable bonds is 5. The van der Waals surface area contributed by atoms with Crippen LogP contribution in [0.2, 0.25) is 0 Å². The van der Waals surface area contributed by atoms with E-state index >= 15 is 0 Å². The second kappa shape index (κ2) is 7.51. The molecule has 1 atom stereocenters. The lowest BCUT2D eigenvalue weighted by Crippen LogP contribution is -2.23. The van der Waals surface area contributed by atoms with Crippen LogP contribution < -0.4 is 4.80 Å². The molecular weight excluding hydrogens is 325 g/mol. The van der Waals surface area contributed by atoms with E-state index in [0.717, 1.165) is 21.7 Å². The van der Waals surface area contributed by atoms with Gasteiger partial charge in [-0.05, 0) is 48.9 Å². The largest absolute Gasteiger partial charge is 0.383 e. The third kappa shape index (κ3) is 3.60. The fourth-order valence-electron chi connectivity index (χ4n) is 2.51. The Labute approximate surface area is 143 Å². The van der Waals surface area contributed by atoms with Crippen molar-refractivity contribution in [2.24, 2.45) is 4.99 Å². The third-order valence-corrected chi connectivity index (χ3v) is 4.44. The fraction of sp³-hybridized carbons (Fsp3) is 0.222. The normalized spacial score (nSPS) is 13.2. The van der Waals surface area contributed by atoms with Gasteiger partial charge in [-0.1, -0.05) is 0 Å². The summed E-state index contributed by atoms with van der Waals surface area (Å²) >= 11 is 1.54. The lowest BCUT2D eigenvalue weighted by Gasteiger charge is -2.16. The Bertz CT molecular complexity index is 856. The van der Waals surface area contributed by atoms with E-state index < -0.39 is 0 Å². The predicted octanol–water partition coefficient (Wildman–Crippen LogP) is 4.19. The maximum absolute atomic E-state index is 13.2. The molecular formula is C18H18FN3OS. The maximum atomic E-state index is 13.2. The smallest absolute Gasteiger partial charge is 0.190 e. The zero-order valence-corrected chi connectivity index (χ0v) is 14.3. The van der Waals surface area contributed by atoms with Crippen molar-refractivity contribution in [2.45, 2.75) is 13.0 Å². The molecule has 0 aliphatic carbocycles. The summed E-state index contributed by atoms with van der Waals surface area (Å²) in [5.74, 6) is -0.245. The fourth-order valence-corrected chi connectivity index (χ4v) is 3.52. The van der Waals surface area contributed by atoms with Crippen LogP contribution in [0.1, 0.15) is 13.0 Å². The molecule has 3 aromatic rings. The van der Waals surface area contributed by atoms with Gasteiger partial charge in [-0.3, -0.25) is 4.98 Å². The first kappa shape index (κ1) is 16.5. The van der Waals surface area contributed by atoms with E-state index in [-0.39, 0.29) is 11.9 Å². The molecule has 6 heteroatoms. The third-order valence-electron chi connectivity index (χ3n) is 3.60. The van der Waals surface area contributed by atoms with E-state index in [1.54, 1.807) is 43.0 Å². The van der Waals surface area contributed by atoms with Crippen molar-refractivity contribution in [3.05, 3.63) is 64.8 Å². The Kier molecular flexibility index (Phi) is 5.17. The van der Waals surface area contributed by atoms with Crippen molar-refractivity contribution in [3.8, 4) is 11.3 Å². The quantitative estimate of drug-likeness (QED) is 0.697. The summed E-state index contributed by atoms with van der Waals surface area (Å²) in [5.41, 5.74) is 2.74. The van der Waals surface area contributed by atoms with Gasteiger partial charge in [-0.25, -0.2) is 9.38 Å². The van der Waals surface area contributed by atoms with Crippen LogP contribution in [-0.2, 0) is 4.74 Å². The summed E-state index contributed by atoms with van der Waals surface area (Å²) in [6, 6.07) is 10.4. The summed E-state index contributed by atoms with van der Waals surface area (Å²) in [4.78, 5) is 9.65. The number of hydrogen-bond acceptors (Lipinski definition) is 4. The summed E-state index contributed by atoms with van der Waals surface area (Å²) in [5, 5.41) is 2.04. The molecule has 1 aromatic carbocycles. The van der Waals surface area contributed by atoms with Crippen molar-refractivity contribution in [1.82, 2.24) is 9.55 Å². The zero-order valence-electron chi connectivity index (χ0n) is 13.5. The van der Waals surface area contributed by atoms with Crippen LogP contribution in [0.15, 0.2) is 59.2 Å². The van der Waals surface area contributed by atoms with Gasteiger partial charge in [-0.2, -0.15) is 0 Å². The van der Waals surface area contributed by atoms with Gasteiger partial charge in [0.15, 0.2) is 4.80 Å². The highest BCUT2D eigenvalue weighted by Crippen LogP contribution is 2.24. The average Bonchev–Trinajstić information content (AvgIpc) is 3.00. The highest BCUT2D eigenvalue weighted by Gasteiger charge is 2.14. The Morgan fingerprint density at radius 3 is 2.75 bits per heavy atom. The van der Waals surface area contributed by atoms with Crippen molar-refractivity contribution in [1.29, 1.82) is 0 Å². The molecule has 0 amide bonds. The SMILES string of the molecule is COCC(C)n1c(-c2ccc(F)cc2)csc1=Nc1cccnc1. The van der Waals surface area contributed by atoms with Crippen molar-refractivity contribution in [2.75, 3.05) is 13.7 Å². The van der Waals surface area contributed by atoms with Crippen LogP contribution in [0.5, 0.6) is 0 Å². The van der Waals surface area contributed by atoms with Gasteiger partial charge in [0, 0.05) is 18.7 Å². The minimum atomic E-state index is -0.245. The van der Waals surface area contributed by atoms with Crippen LogP contribution >= 0.6 is 11.3 Å². The molecule has 24 heavy (non-hydrogen) atoms. The molecule has 0 aliphatic rings. The topological polar surface area (TPSA) is 39.4 Å². The number of ether oxygens (including phenoxy) is 1. The molecule has 3 rings (SSSR count). The summed E-state index contributed by atoms with van der Waals surface area (Å²) in [7, 11) is 1.68. The van der Waals surface area contributed by atoms with E-state index in [2.05, 4.69) is 16.5 Å². The molecule has 0 fully saturated rings. The number of pyridine rings is 1. The predicted molar refractivity (Wildman–Crippen MR) is 93.8 cm³/mol. The standard InChI is InChI=1S/C18H18FN3OS/c1-13(11-23-2)22-17(14-5-7-15(19)8-6-14)12-24-18(22)21-16-4-3-9-20-10-16/h3-10,12-13H,11H2,1-2H3. The van der Waals surface area contributed by atoms with E-state index in [1.807, 2.05) is 17.5 Å². The summed E-state index contributed by atoms with van der Waals surface area (Å²) in [6.45, 7) is 2.64. The number of nitrogens with zero attached hydrogens (tertiary/aromatic N) is 3.